The zero-order chi connectivity index (χ0) is 18.1. The highest BCUT2D eigenvalue weighted by atomic mass is 79.9. The van der Waals surface area contributed by atoms with E-state index in [2.05, 4.69) is 21.2 Å². The zero-order valence-electron chi connectivity index (χ0n) is 13.6. The minimum absolute atomic E-state index is 0.137. The third-order valence-corrected chi connectivity index (χ3v) is 4.04. The molecule has 1 aromatic carbocycles. The second-order valence-electron chi connectivity index (χ2n) is 6.60. The van der Waals surface area contributed by atoms with Crippen LogP contribution in [0.15, 0.2) is 16.6 Å². The fourth-order valence-corrected chi connectivity index (χ4v) is 2.74. The van der Waals surface area contributed by atoms with Gasteiger partial charge >= 0.3 is 6.09 Å². The van der Waals surface area contributed by atoms with Crippen molar-refractivity contribution in [1.82, 2.24) is 4.90 Å². The molecule has 1 aromatic rings. The number of hydrogen-bond acceptors (Lipinski definition) is 5. The number of rotatable bonds is 3. The molecule has 0 radical (unpaired) electrons. The molecule has 0 aromatic heterocycles. The summed E-state index contributed by atoms with van der Waals surface area (Å²) in [6.45, 7) is 6.21. The smallest absolute Gasteiger partial charge is 0.410 e. The van der Waals surface area contributed by atoms with Crippen molar-refractivity contribution in [1.29, 1.82) is 0 Å². The van der Waals surface area contributed by atoms with Crippen molar-refractivity contribution in [2.24, 2.45) is 0 Å². The average molecular weight is 404 g/mol. The van der Waals surface area contributed by atoms with Crippen LogP contribution in [-0.2, 0) is 4.74 Å². The van der Waals surface area contributed by atoms with Gasteiger partial charge in [-0.3, -0.25) is 10.1 Å². The van der Waals surface area contributed by atoms with Crippen molar-refractivity contribution in [3.63, 3.8) is 0 Å². The van der Waals surface area contributed by atoms with E-state index in [9.17, 15) is 19.3 Å². The van der Waals surface area contributed by atoms with Gasteiger partial charge in [0, 0.05) is 19.1 Å². The van der Waals surface area contributed by atoms with Crippen LogP contribution < -0.4 is 5.32 Å². The first kappa shape index (κ1) is 18.4. The number of halogens is 2. The van der Waals surface area contributed by atoms with Crippen molar-refractivity contribution in [3.05, 3.63) is 32.5 Å². The largest absolute Gasteiger partial charge is 0.444 e. The lowest BCUT2D eigenvalue weighted by atomic mass is 10.2. The van der Waals surface area contributed by atoms with Crippen LogP contribution in [0.3, 0.4) is 0 Å². The van der Waals surface area contributed by atoms with Gasteiger partial charge in [-0.2, -0.15) is 0 Å². The van der Waals surface area contributed by atoms with E-state index in [1.54, 1.807) is 25.7 Å². The Morgan fingerprint density at radius 2 is 2.17 bits per heavy atom. The lowest BCUT2D eigenvalue weighted by Gasteiger charge is -2.24. The molecule has 1 unspecified atom stereocenters. The third-order valence-electron chi connectivity index (χ3n) is 3.43. The van der Waals surface area contributed by atoms with Crippen molar-refractivity contribution in [2.45, 2.75) is 38.8 Å². The first-order valence-electron chi connectivity index (χ1n) is 7.45. The number of carbonyl (C=O) groups excluding carboxylic acids is 1. The van der Waals surface area contributed by atoms with Gasteiger partial charge in [-0.25, -0.2) is 9.18 Å². The van der Waals surface area contributed by atoms with E-state index >= 15 is 0 Å². The Kier molecular flexibility index (Phi) is 5.32. The van der Waals surface area contributed by atoms with Gasteiger partial charge in [0.05, 0.1) is 15.5 Å². The lowest BCUT2D eigenvalue weighted by Crippen LogP contribution is -2.36. The Morgan fingerprint density at radius 3 is 2.75 bits per heavy atom. The molecule has 1 amide bonds. The number of nitrogens with zero attached hydrogens (tertiary/aromatic N) is 2. The van der Waals surface area contributed by atoms with Gasteiger partial charge in [0.15, 0.2) is 0 Å². The SMILES string of the molecule is CC(C)(C)OC(=O)N1CCC(Nc2cc(Br)c(F)cc2[N+](=O)[O-])C1. The maximum atomic E-state index is 13.5. The lowest BCUT2D eigenvalue weighted by molar-refractivity contribution is -0.384. The van der Waals surface area contributed by atoms with Gasteiger partial charge in [0.1, 0.15) is 17.1 Å². The molecule has 2 rings (SSSR count). The monoisotopic (exact) mass is 403 g/mol. The van der Waals surface area contributed by atoms with Crippen LogP contribution in [0.1, 0.15) is 27.2 Å². The first-order valence-corrected chi connectivity index (χ1v) is 8.24. The van der Waals surface area contributed by atoms with Crippen LogP contribution in [0.5, 0.6) is 0 Å². The molecule has 1 aliphatic rings. The maximum Gasteiger partial charge on any atom is 0.410 e. The van der Waals surface area contributed by atoms with Crippen molar-refractivity contribution >= 4 is 33.4 Å². The van der Waals surface area contributed by atoms with Gasteiger partial charge in [0.25, 0.3) is 5.69 Å². The average Bonchev–Trinajstić information content (AvgIpc) is 2.89. The maximum absolute atomic E-state index is 13.5. The Hall–Kier alpha value is -1.90. The molecule has 132 valence electrons. The summed E-state index contributed by atoms with van der Waals surface area (Å²) in [5.41, 5.74) is -0.709. The number of benzene rings is 1. The van der Waals surface area contributed by atoms with E-state index in [1.165, 1.54) is 6.07 Å². The summed E-state index contributed by atoms with van der Waals surface area (Å²) in [7, 11) is 0. The van der Waals surface area contributed by atoms with Crippen LogP contribution in [0.2, 0.25) is 0 Å². The highest BCUT2D eigenvalue weighted by molar-refractivity contribution is 9.10. The zero-order valence-corrected chi connectivity index (χ0v) is 15.2. The molecular weight excluding hydrogens is 385 g/mol. The van der Waals surface area contributed by atoms with E-state index in [-0.39, 0.29) is 21.9 Å². The quantitative estimate of drug-likeness (QED) is 0.610. The Bertz CT molecular complexity index is 663. The van der Waals surface area contributed by atoms with Crippen molar-refractivity contribution in [2.75, 3.05) is 18.4 Å². The number of hydrogen-bond donors (Lipinski definition) is 1. The molecule has 24 heavy (non-hydrogen) atoms. The van der Waals surface area contributed by atoms with E-state index in [4.69, 9.17) is 4.74 Å². The van der Waals surface area contributed by atoms with Gasteiger partial charge < -0.3 is 15.0 Å². The van der Waals surface area contributed by atoms with Crippen LogP contribution in [-0.4, -0.2) is 40.6 Å². The number of ether oxygens (including phenoxy) is 1. The highest BCUT2D eigenvalue weighted by Gasteiger charge is 2.31. The molecular formula is C15H19BrFN3O4. The summed E-state index contributed by atoms with van der Waals surface area (Å²) in [6, 6.07) is 2.03. The van der Waals surface area contributed by atoms with Crippen LogP contribution in [0.25, 0.3) is 0 Å². The second kappa shape index (κ2) is 6.92. The second-order valence-corrected chi connectivity index (χ2v) is 7.45. The highest BCUT2D eigenvalue weighted by Crippen LogP contribution is 2.32. The first-order chi connectivity index (χ1) is 11.1. The van der Waals surface area contributed by atoms with Crippen molar-refractivity contribution < 1.29 is 18.8 Å². The number of nitro benzene ring substituents is 1. The summed E-state index contributed by atoms with van der Waals surface area (Å²) in [5, 5.41) is 14.1. The number of anilines is 1. The molecule has 1 atom stereocenters. The van der Waals surface area contributed by atoms with Crippen LogP contribution in [0.4, 0.5) is 20.6 Å². The molecule has 7 nitrogen and oxygen atoms in total. The number of carbonyl (C=O) groups is 1. The molecule has 0 saturated carbocycles. The number of amides is 1. The van der Waals surface area contributed by atoms with E-state index in [1.807, 2.05) is 0 Å². The molecule has 1 aliphatic heterocycles. The summed E-state index contributed by atoms with van der Waals surface area (Å²) < 4.78 is 19.0. The minimum atomic E-state index is -0.700. The predicted octanol–water partition coefficient (Wildman–Crippen LogP) is 3.92. The molecule has 1 heterocycles. The number of likely N-dealkylation sites (tertiary alicyclic amines) is 1. The Balaban J connectivity index is 2.07. The predicted molar refractivity (Wildman–Crippen MR) is 90.6 cm³/mol. The standard InChI is InChI=1S/C15H19BrFN3O4/c1-15(2,3)24-14(21)19-5-4-9(8-19)18-12-6-10(16)11(17)7-13(12)20(22)23/h6-7,9,18H,4-5,8H2,1-3H3. The van der Waals surface area contributed by atoms with E-state index in [0.29, 0.717) is 19.5 Å². The summed E-state index contributed by atoms with van der Waals surface area (Å²) >= 11 is 3.02. The molecule has 1 N–H and O–H groups in total. The number of nitrogens with one attached hydrogen (secondary N) is 1. The van der Waals surface area contributed by atoms with E-state index in [0.717, 1.165) is 6.07 Å². The fourth-order valence-electron chi connectivity index (χ4n) is 2.39. The third kappa shape index (κ3) is 4.56. The minimum Gasteiger partial charge on any atom is -0.444 e. The van der Waals surface area contributed by atoms with Crippen LogP contribution >= 0.6 is 15.9 Å². The fraction of sp³-hybridized carbons (Fsp3) is 0.533. The summed E-state index contributed by atoms with van der Waals surface area (Å²) in [6.07, 6.45) is 0.201. The van der Waals surface area contributed by atoms with Gasteiger partial charge in [-0.15, -0.1) is 0 Å². The summed E-state index contributed by atoms with van der Waals surface area (Å²) in [4.78, 5) is 24.0. The number of nitro groups is 1. The molecule has 0 aliphatic carbocycles. The molecule has 9 heteroatoms. The van der Waals surface area contributed by atoms with Crippen molar-refractivity contribution in [3.8, 4) is 0 Å². The molecule has 1 saturated heterocycles. The normalized spacial score (nSPS) is 17.7. The van der Waals surface area contributed by atoms with E-state index < -0.39 is 22.4 Å². The molecule has 0 bridgehead atoms. The van der Waals surface area contributed by atoms with Gasteiger partial charge in [-0.05, 0) is 49.2 Å². The summed E-state index contributed by atoms with van der Waals surface area (Å²) in [5.74, 6) is -0.700. The van der Waals surface area contributed by atoms with Gasteiger partial charge in [0.2, 0.25) is 0 Å². The topological polar surface area (TPSA) is 84.7 Å². The molecule has 0 spiro atoms. The Labute approximate surface area is 147 Å². The Morgan fingerprint density at radius 1 is 1.50 bits per heavy atom. The molecule has 1 fully saturated rings. The van der Waals surface area contributed by atoms with Gasteiger partial charge in [-0.1, -0.05) is 0 Å². The van der Waals surface area contributed by atoms with Crippen LogP contribution in [0, 0.1) is 15.9 Å².